The zero-order valence-corrected chi connectivity index (χ0v) is 44.1. The van der Waals surface area contributed by atoms with Gasteiger partial charge in [0, 0.05) is 12.8 Å². The Labute approximate surface area is 406 Å². The molecule has 2 unspecified atom stereocenters. The van der Waals surface area contributed by atoms with Crippen LogP contribution in [0, 0.1) is 0 Å². The molecular weight excluding hydrogens is 846 g/mol. The smallest absolute Gasteiger partial charge is 0.462 e. The van der Waals surface area contributed by atoms with Crippen molar-refractivity contribution < 1.29 is 42.1 Å². The molecule has 0 aromatic heterocycles. The van der Waals surface area contributed by atoms with E-state index in [1.807, 2.05) is 21.1 Å². The minimum Gasteiger partial charge on any atom is -0.462 e. The van der Waals surface area contributed by atoms with Crippen molar-refractivity contribution in [2.75, 3.05) is 47.5 Å². The first-order valence-corrected chi connectivity index (χ1v) is 28.2. The third kappa shape index (κ3) is 50.9. The van der Waals surface area contributed by atoms with Crippen LogP contribution in [-0.2, 0) is 32.7 Å². The fourth-order valence-electron chi connectivity index (χ4n) is 7.09. The van der Waals surface area contributed by atoms with Gasteiger partial charge in [0.2, 0.25) is 0 Å². The van der Waals surface area contributed by atoms with Crippen LogP contribution in [0.1, 0.15) is 219 Å². The molecule has 0 rings (SSSR count). The van der Waals surface area contributed by atoms with Crippen molar-refractivity contribution in [2.45, 2.75) is 225 Å². The van der Waals surface area contributed by atoms with E-state index < -0.39 is 26.5 Å². The van der Waals surface area contributed by atoms with Crippen LogP contribution in [0.15, 0.2) is 72.9 Å². The van der Waals surface area contributed by atoms with Gasteiger partial charge in [-0.15, -0.1) is 0 Å². The summed E-state index contributed by atoms with van der Waals surface area (Å²) < 4.78 is 34.5. The molecule has 9 nitrogen and oxygen atoms in total. The maximum Gasteiger partial charge on any atom is 0.472 e. The topological polar surface area (TPSA) is 108 Å². The van der Waals surface area contributed by atoms with E-state index in [9.17, 15) is 19.0 Å². The van der Waals surface area contributed by atoms with Gasteiger partial charge in [0.15, 0.2) is 6.10 Å². The fourth-order valence-corrected chi connectivity index (χ4v) is 7.84. The third-order valence-electron chi connectivity index (χ3n) is 11.2. The number of nitrogens with zero attached hydrogens (tertiary/aromatic N) is 1. The van der Waals surface area contributed by atoms with Crippen LogP contribution in [0.3, 0.4) is 0 Å². The zero-order chi connectivity index (χ0) is 48.5. The highest BCUT2D eigenvalue weighted by Crippen LogP contribution is 2.43. The average molecular weight is 947 g/mol. The van der Waals surface area contributed by atoms with E-state index in [1.54, 1.807) is 0 Å². The number of allylic oxidation sites excluding steroid dienone is 12. The summed E-state index contributed by atoms with van der Waals surface area (Å²) in [6, 6.07) is 0. The largest absolute Gasteiger partial charge is 0.472 e. The van der Waals surface area contributed by atoms with Gasteiger partial charge in [0.25, 0.3) is 0 Å². The number of phosphoric acid groups is 1. The highest BCUT2D eigenvalue weighted by molar-refractivity contribution is 7.47. The van der Waals surface area contributed by atoms with Gasteiger partial charge in [-0.05, 0) is 83.5 Å². The molecule has 0 bridgehead atoms. The summed E-state index contributed by atoms with van der Waals surface area (Å²) in [5.74, 6) is -0.807. The maximum absolute atomic E-state index is 12.8. The number of likely N-dealkylation sites (N-methyl/N-ethyl adjacent to an activating group) is 1. The molecule has 2 atom stereocenters. The van der Waals surface area contributed by atoms with Crippen LogP contribution in [0.25, 0.3) is 0 Å². The Morgan fingerprint density at radius 3 is 1.29 bits per heavy atom. The molecule has 66 heavy (non-hydrogen) atoms. The van der Waals surface area contributed by atoms with Crippen LogP contribution in [0.5, 0.6) is 0 Å². The Bertz CT molecular complexity index is 1350. The van der Waals surface area contributed by atoms with Crippen molar-refractivity contribution in [3.05, 3.63) is 72.9 Å². The molecule has 0 aliphatic heterocycles. The first kappa shape index (κ1) is 63.5. The molecule has 10 heteroatoms. The van der Waals surface area contributed by atoms with Crippen LogP contribution in [-0.4, -0.2) is 74.9 Å². The Morgan fingerprint density at radius 1 is 0.485 bits per heavy atom. The van der Waals surface area contributed by atoms with Gasteiger partial charge < -0.3 is 18.9 Å². The molecule has 0 aromatic carbocycles. The summed E-state index contributed by atoms with van der Waals surface area (Å²) in [4.78, 5) is 35.6. The second kappa shape index (κ2) is 47.5. The Kier molecular flexibility index (Phi) is 45.7. The van der Waals surface area contributed by atoms with E-state index in [-0.39, 0.29) is 32.0 Å². The summed E-state index contributed by atoms with van der Waals surface area (Å²) >= 11 is 0. The lowest BCUT2D eigenvalue weighted by Crippen LogP contribution is -2.37. The number of carbonyl (C=O) groups is 2. The number of ether oxygens (including phenoxy) is 2. The monoisotopic (exact) mass is 947 g/mol. The van der Waals surface area contributed by atoms with E-state index in [2.05, 4.69) is 86.8 Å². The quantitative estimate of drug-likeness (QED) is 0.0211. The lowest BCUT2D eigenvalue weighted by molar-refractivity contribution is -0.870. The first-order chi connectivity index (χ1) is 32.0. The molecule has 382 valence electrons. The van der Waals surface area contributed by atoms with Crippen LogP contribution in [0.2, 0.25) is 0 Å². The lowest BCUT2D eigenvalue weighted by Gasteiger charge is -2.24. The second-order valence-electron chi connectivity index (χ2n) is 18.9. The number of hydrogen-bond acceptors (Lipinski definition) is 7. The van der Waals surface area contributed by atoms with Crippen LogP contribution in [0.4, 0.5) is 0 Å². The van der Waals surface area contributed by atoms with Crippen molar-refractivity contribution in [3.8, 4) is 0 Å². The molecule has 0 saturated heterocycles. The first-order valence-electron chi connectivity index (χ1n) is 26.7. The van der Waals surface area contributed by atoms with Crippen LogP contribution >= 0.6 is 7.82 Å². The highest BCUT2D eigenvalue weighted by Gasteiger charge is 2.27. The van der Waals surface area contributed by atoms with E-state index in [4.69, 9.17) is 18.5 Å². The normalized spacial score (nSPS) is 14.0. The predicted molar refractivity (Wildman–Crippen MR) is 279 cm³/mol. The average Bonchev–Trinajstić information content (AvgIpc) is 3.27. The van der Waals surface area contributed by atoms with Gasteiger partial charge in [0.05, 0.1) is 27.7 Å². The third-order valence-corrected chi connectivity index (χ3v) is 12.2. The predicted octanol–water partition coefficient (Wildman–Crippen LogP) is 16.1. The van der Waals surface area contributed by atoms with Gasteiger partial charge in [-0.3, -0.25) is 18.6 Å². The number of phosphoric ester groups is 1. The standard InChI is InChI=1S/C56H100NO8P/c1-6-8-10-12-14-16-18-20-22-24-26-27-28-29-31-33-35-37-39-41-43-45-47-49-56(59)65-54(53-64-66(60,61)63-51-50-57(3,4)5)52-62-55(58)48-46-44-42-40-38-36-34-32-30-25-23-21-19-17-15-13-11-9-7-2/h8,10,14-17,20-23,26-27,54H,6-7,9,11-13,18-19,24-25,28-53H2,1-5H3/p+1/b10-8-,16-14-,17-15-,22-20-,23-21-,27-26-. The number of hydrogen-bond donors (Lipinski definition) is 1. The molecule has 0 radical (unpaired) electrons. The number of rotatable bonds is 48. The molecule has 0 aromatic rings. The summed E-state index contributed by atoms with van der Waals surface area (Å²) in [5, 5.41) is 0. The molecule has 0 aliphatic rings. The molecule has 1 N–H and O–H groups in total. The van der Waals surface area contributed by atoms with Gasteiger partial charge in [-0.1, -0.05) is 196 Å². The van der Waals surface area contributed by atoms with E-state index >= 15 is 0 Å². The lowest BCUT2D eigenvalue weighted by atomic mass is 10.0. The van der Waals surface area contributed by atoms with Gasteiger partial charge in [0.1, 0.15) is 19.8 Å². The Balaban J connectivity index is 4.24. The molecule has 0 spiro atoms. The molecule has 0 heterocycles. The molecule has 0 fully saturated rings. The fraction of sp³-hybridized carbons (Fsp3) is 0.750. The number of carbonyl (C=O) groups excluding carboxylic acids is 2. The second-order valence-corrected chi connectivity index (χ2v) is 20.3. The minimum atomic E-state index is -4.39. The summed E-state index contributed by atoms with van der Waals surface area (Å²) in [7, 11) is 1.47. The highest BCUT2D eigenvalue weighted by atomic mass is 31.2. The van der Waals surface area contributed by atoms with Gasteiger partial charge in [-0.2, -0.15) is 0 Å². The molecule has 0 amide bonds. The Hall–Kier alpha value is -2.55. The maximum atomic E-state index is 12.8. The SMILES string of the molecule is CC/C=C\C/C=C\C/C=C\C/C=C\CCCCCCCCCCCCC(=O)OC(COC(=O)CCCCCCCCCCC/C=C\C/C=C\CCCCC)COP(=O)(O)OCC[N+](C)(C)C. The Morgan fingerprint density at radius 2 is 0.864 bits per heavy atom. The molecular formula is C56H101NO8P+. The van der Waals surface area contributed by atoms with Crippen LogP contribution < -0.4 is 0 Å². The van der Waals surface area contributed by atoms with Gasteiger partial charge >= 0.3 is 19.8 Å². The van der Waals surface area contributed by atoms with Gasteiger partial charge in [-0.25, -0.2) is 4.57 Å². The van der Waals surface area contributed by atoms with Crippen molar-refractivity contribution in [1.82, 2.24) is 0 Å². The zero-order valence-electron chi connectivity index (χ0n) is 43.2. The summed E-state index contributed by atoms with van der Waals surface area (Å²) in [6.45, 7) is 4.29. The van der Waals surface area contributed by atoms with E-state index in [0.29, 0.717) is 17.4 Å². The minimum absolute atomic E-state index is 0.0273. The van der Waals surface area contributed by atoms with Crippen molar-refractivity contribution in [2.24, 2.45) is 0 Å². The van der Waals surface area contributed by atoms with Crippen molar-refractivity contribution >= 4 is 19.8 Å². The van der Waals surface area contributed by atoms with Crippen molar-refractivity contribution in [1.29, 1.82) is 0 Å². The number of unbranched alkanes of at least 4 members (excludes halogenated alkanes) is 22. The number of quaternary nitrogens is 1. The molecule has 0 saturated carbocycles. The van der Waals surface area contributed by atoms with Crippen molar-refractivity contribution in [3.63, 3.8) is 0 Å². The molecule has 0 aliphatic carbocycles. The van der Waals surface area contributed by atoms with E-state index in [0.717, 1.165) is 77.0 Å². The van der Waals surface area contributed by atoms with E-state index in [1.165, 1.54) is 109 Å². The number of esters is 2. The summed E-state index contributed by atoms with van der Waals surface area (Å²) in [5.41, 5.74) is 0. The summed E-state index contributed by atoms with van der Waals surface area (Å²) in [6.07, 6.45) is 60.9.